The number of carbonyl (C=O) groups excluding carboxylic acids is 1. The molecular formula is C16H22Br2N2O2. The standard InChI is InChI=1S/C16H22Br2N2O2/c1-2-3-4-5-6-7-15(21)20-19-9-8-12-10-13(17)16(22)14(18)11-12/h9-11,22H,2-8H2,1H3,(H,20,21)/b19-9+. The van der Waals surface area contributed by atoms with Crippen molar-refractivity contribution in [1.29, 1.82) is 0 Å². The molecule has 0 aliphatic rings. The zero-order chi connectivity index (χ0) is 16.4. The van der Waals surface area contributed by atoms with E-state index in [2.05, 4.69) is 49.3 Å². The lowest BCUT2D eigenvalue weighted by Gasteiger charge is -2.03. The van der Waals surface area contributed by atoms with E-state index in [0.29, 0.717) is 21.8 Å². The van der Waals surface area contributed by atoms with Gasteiger partial charge in [0, 0.05) is 19.1 Å². The summed E-state index contributed by atoms with van der Waals surface area (Å²) < 4.78 is 1.25. The third-order valence-corrected chi connectivity index (χ3v) is 4.40. The van der Waals surface area contributed by atoms with Crippen LogP contribution < -0.4 is 5.43 Å². The highest BCUT2D eigenvalue weighted by molar-refractivity contribution is 9.11. The Labute approximate surface area is 148 Å². The van der Waals surface area contributed by atoms with Crippen LogP contribution >= 0.6 is 31.9 Å². The van der Waals surface area contributed by atoms with E-state index < -0.39 is 0 Å². The molecule has 1 rings (SSSR count). The minimum atomic E-state index is -0.0409. The van der Waals surface area contributed by atoms with Crippen molar-refractivity contribution in [2.45, 2.75) is 51.9 Å². The molecule has 122 valence electrons. The Balaban J connectivity index is 2.27. The Morgan fingerprint density at radius 1 is 1.23 bits per heavy atom. The largest absolute Gasteiger partial charge is 0.506 e. The predicted molar refractivity (Wildman–Crippen MR) is 97.2 cm³/mol. The van der Waals surface area contributed by atoms with Crippen LogP contribution in [0.1, 0.15) is 51.0 Å². The third-order valence-electron chi connectivity index (χ3n) is 3.19. The van der Waals surface area contributed by atoms with Gasteiger partial charge in [-0.05, 0) is 56.0 Å². The lowest BCUT2D eigenvalue weighted by Crippen LogP contribution is -2.17. The Bertz CT molecular complexity index is 496. The number of halogens is 2. The van der Waals surface area contributed by atoms with Crippen molar-refractivity contribution in [3.05, 3.63) is 26.6 Å². The number of hydrogen-bond acceptors (Lipinski definition) is 3. The summed E-state index contributed by atoms with van der Waals surface area (Å²) in [7, 11) is 0. The number of unbranched alkanes of at least 4 members (excludes halogenated alkanes) is 4. The number of rotatable bonds is 9. The van der Waals surface area contributed by atoms with Crippen LogP contribution in [-0.4, -0.2) is 17.2 Å². The number of hydrazone groups is 1. The quantitative estimate of drug-likeness (QED) is 0.329. The van der Waals surface area contributed by atoms with E-state index in [1.54, 1.807) is 6.21 Å². The molecule has 1 aromatic rings. The summed E-state index contributed by atoms with van der Waals surface area (Å²) in [6.07, 6.45) is 8.40. The van der Waals surface area contributed by atoms with Crippen LogP contribution in [0.3, 0.4) is 0 Å². The van der Waals surface area contributed by atoms with Crippen LogP contribution in [0.15, 0.2) is 26.2 Å². The second-order valence-electron chi connectivity index (χ2n) is 5.12. The van der Waals surface area contributed by atoms with E-state index in [1.165, 1.54) is 19.3 Å². The first-order valence-electron chi connectivity index (χ1n) is 7.51. The van der Waals surface area contributed by atoms with Crippen molar-refractivity contribution in [1.82, 2.24) is 5.43 Å². The van der Waals surface area contributed by atoms with Gasteiger partial charge in [0.2, 0.25) is 5.91 Å². The molecule has 4 nitrogen and oxygen atoms in total. The minimum Gasteiger partial charge on any atom is -0.506 e. The lowest BCUT2D eigenvalue weighted by molar-refractivity contribution is -0.121. The molecule has 0 heterocycles. The van der Waals surface area contributed by atoms with Crippen LogP contribution in [0.5, 0.6) is 5.75 Å². The molecule has 0 saturated carbocycles. The molecule has 1 aromatic carbocycles. The molecule has 0 aromatic heterocycles. The summed E-state index contributed by atoms with van der Waals surface area (Å²) in [5.74, 6) is 0.137. The maximum atomic E-state index is 11.6. The van der Waals surface area contributed by atoms with Gasteiger partial charge >= 0.3 is 0 Å². The van der Waals surface area contributed by atoms with Crippen molar-refractivity contribution in [2.24, 2.45) is 5.10 Å². The normalized spacial score (nSPS) is 11.0. The van der Waals surface area contributed by atoms with Gasteiger partial charge in [0.15, 0.2) is 0 Å². The Kier molecular flexibility index (Phi) is 9.39. The number of nitrogens with zero attached hydrogens (tertiary/aromatic N) is 1. The van der Waals surface area contributed by atoms with Crippen molar-refractivity contribution >= 4 is 44.0 Å². The first-order chi connectivity index (χ1) is 10.5. The van der Waals surface area contributed by atoms with Crippen molar-refractivity contribution in [2.75, 3.05) is 0 Å². The van der Waals surface area contributed by atoms with Gasteiger partial charge in [-0.1, -0.05) is 32.6 Å². The van der Waals surface area contributed by atoms with Crippen LogP contribution in [0.4, 0.5) is 0 Å². The summed E-state index contributed by atoms with van der Waals surface area (Å²) in [4.78, 5) is 11.6. The maximum absolute atomic E-state index is 11.6. The van der Waals surface area contributed by atoms with Gasteiger partial charge in [0.05, 0.1) is 8.95 Å². The highest BCUT2D eigenvalue weighted by Crippen LogP contribution is 2.33. The van der Waals surface area contributed by atoms with E-state index >= 15 is 0 Å². The number of phenols is 1. The van der Waals surface area contributed by atoms with Crippen molar-refractivity contribution in [3.63, 3.8) is 0 Å². The summed E-state index contributed by atoms with van der Waals surface area (Å²) >= 11 is 6.56. The van der Waals surface area contributed by atoms with E-state index in [-0.39, 0.29) is 11.7 Å². The van der Waals surface area contributed by atoms with Gasteiger partial charge in [0.25, 0.3) is 0 Å². The smallest absolute Gasteiger partial charge is 0.240 e. The fourth-order valence-electron chi connectivity index (χ4n) is 1.95. The van der Waals surface area contributed by atoms with Crippen LogP contribution in [0.25, 0.3) is 0 Å². The number of nitrogens with one attached hydrogen (secondary N) is 1. The predicted octanol–water partition coefficient (Wildman–Crippen LogP) is 4.92. The van der Waals surface area contributed by atoms with Gasteiger partial charge in [0.1, 0.15) is 5.75 Å². The zero-order valence-electron chi connectivity index (χ0n) is 12.7. The second kappa shape index (κ2) is 10.8. The number of benzene rings is 1. The number of aromatic hydroxyl groups is 1. The topological polar surface area (TPSA) is 61.7 Å². The highest BCUT2D eigenvalue weighted by Gasteiger charge is 2.05. The average Bonchev–Trinajstić information content (AvgIpc) is 2.49. The summed E-state index contributed by atoms with van der Waals surface area (Å²) in [6, 6.07) is 3.64. The van der Waals surface area contributed by atoms with Crippen LogP contribution in [-0.2, 0) is 11.2 Å². The minimum absolute atomic E-state index is 0.0409. The maximum Gasteiger partial charge on any atom is 0.240 e. The Morgan fingerprint density at radius 3 is 2.50 bits per heavy atom. The molecule has 22 heavy (non-hydrogen) atoms. The molecule has 6 heteroatoms. The first-order valence-corrected chi connectivity index (χ1v) is 9.10. The molecule has 0 atom stereocenters. The van der Waals surface area contributed by atoms with Crippen molar-refractivity contribution in [3.8, 4) is 5.75 Å². The molecule has 0 saturated heterocycles. The number of phenolic OH excluding ortho intramolecular Hbond substituents is 1. The molecule has 0 bridgehead atoms. The van der Waals surface area contributed by atoms with Crippen molar-refractivity contribution < 1.29 is 9.90 Å². The SMILES string of the molecule is CCCCCCCC(=O)N/N=C/Cc1cc(Br)c(O)c(Br)c1. The fraction of sp³-hybridized carbons (Fsp3) is 0.500. The van der Waals surface area contributed by atoms with E-state index in [1.807, 2.05) is 12.1 Å². The monoisotopic (exact) mass is 432 g/mol. The fourth-order valence-corrected chi connectivity index (χ4v) is 3.23. The first kappa shape index (κ1) is 19.2. The summed E-state index contributed by atoms with van der Waals surface area (Å²) in [6.45, 7) is 2.17. The van der Waals surface area contributed by atoms with E-state index in [0.717, 1.165) is 18.4 Å². The summed E-state index contributed by atoms with van der Waals surface area (Å²) in [5.41, 5.74) is 3.52. The lowest BCUT2D eigenvalue weighted by atomic mass is 10.1. The second-order valence-corrected chi connectivity index (χ2v) is 6.83. The van der Waals surface area contributed by atoms with Gasteiger partial charge in [-0.25, -0.2) is 5.43 Å². The Morgan fingerprint density at radius 2 is 1.86 bits per heavy atom. The zero-order valence-corrected chi connectivity index (χ0v) is 15.9. The van der Waals surface area contributed by atoms with Gasteiger partial charge in [-0.15, -0.1) is 0 Å². The molecule has 2 N–H and O–H groups in total. The van der Waals surface area contributed by atoms with E-state index in [4.69, 9.17) is 0 Å². The van der Waals surface area contributed by atoms with Crippen LogP contribution in [0.2, 0.25) is 0 Å². The van der Waals surface area contributed by atoms with Gasteiger partial charge in [-0.3, -0.25) is 4.79 Å². The molecule has 0 fully saturated rings. The number of hydrogen-bond donors (Lipinski definition) is 2. The highest BCUT2D eigenvalue weighted by atomic mass is 79.9. The van der Waals surface area contributed by atoms with Gasteiger partial charge in [-0.2, -0.15) is 5.10 Å². The molecule has 1 amide bonds. The molecular weight excluding hydrogens is 412 g/mol. The van der Waals surface area contributed by atoms with Gasteiger partial charge < -0.3 is 5.11 Å². The Hall–Kier alpha value is -0.880. The average molecular weight is 434 g/mol. The summed E-state index contributed by atoms with van der Waals surface area (Å²) in [5, 5.41) is 13.6. The van der Waals surface area contributed by atoms with E-state index in [9.17, 15) is 9.90 Å². The number of amides is 1. The number of carbonyl (C=O) groups is 1. The molecule has 0 aliphatic heterocycles. The molecule has 0 radical (unpaired) electrons. The molecule has 0 aliphatic carbocycles. The molecule has 0 unspecified atom stereocenters. The molecule has 0 spiro atoms. The van der Waals surface area contributed by atoms with Crippen LogP contribution in [0, 0.1) is 0 Å². The third kappa shape index (κ3) is 7.40.